The van der Waals surface area contributed by atoms with Crippen LogP contribution in [0.5, 0.6) is 0 Å². The van der Waals surface area contributed by atoms with E-state index in [1.54, 1.807) is 0 Å². The second-order valence-electron chi connectivity index (χ2n) is 6.16. The van der Waals surface area contributed by atoms with Gasteiger partial charge in [-0.1, -0.05) is 45.9 Å². The third-order valence-electron chi connectivity index (χ3n) is 4.01. The molecule has 0 amide bonds. The van der Waals surface area contributed by atoms with Gasteiger partial charge in [0, 0.05) is 18.3 Å². The lowest BCUT2D eigenvalue weighted by Crippen LogP contribution is -2.38. The number of rotatable bonds is 9. The number of anilines is 1. The van der Waals surface area contributed by atoms with Crippen molar-refractivity contribution in [1.29, 1.82) is 0 Å². The van der Waals surface area contributed by atoms with Gasteiger partial charge < -0.3 is 10.6 Å². The molecule has 1 aromatic carbocycles. The Morgan fingerprint density at radius 1 is 1.10 bits per heavy atom. The molecule has 1 aromatic rings. The molecular formula is C18H32N2. The molecule has 2 N–H and O–H groups in total. The zero-order valence-electron chi connectivity index (χ0n) is 13.7. The van der Waals surface area contributed by atoms with Crippen molar-refractivity contribution in [3.05, 3.63) is 29.8 Å². The van der Waals surface area contributed by atoms with Crippen LogP contribution in [-0.4, -0.2) is 24.0 Å². The van der Waals surface area contributed by atoms with Crippen LogP contribution in [0.3, 0.4) is 0 Å². The SMILES string of the molecule is CCC(CC)N(CCCc1ccccc1N)CC(C)C. The number of hydrogen-bond acceptors (Lipinski definition) is 2. The van der Waals surface area contributed by atoms with Crippen molar-refractivity contribution in [2.45, 2.75) is 59.4 Å². The number of hydrogen-bond donors (Lipinski definition) is 1. The first-order chi connectivity index (χ1) is 9.58. The molecule has 114 valence electrons. The van der Waals surface area contributed by atoms with E-state index in [0.717, 1.165) is 24.1 Å². The van der Waals surface area contributed by atoms with E-state index in [0.29, 0.717) is 0 Å². The predicted molar refractivity (Wildman–Crippen MR) is 90.0 cm³/mol. The van der Waals surface area contributed by atoms with E-state index < -0.39 is 0 Å². The second kappa shape index (κ2) is 9.02. The van der Waals surface area contributed by atoms with Crippen LogP contribution >= 0.6 is 0 Å². The topological polar surface area (TPSA) is 29.3 Å². The summed E-state index contributed by atoms with van der Waals surface area (Å²) in [5.41, 5.74) is 8.25. The summed E-state index contributed by atoms with van der Waals surface area (Å²) >= 11 is 0. The van der Waals surface area contributed by atoms with E-state index >= 15 is 0 Å². The molecule has 0 saturated carbocycles. The maximum Gasteiger partial charge on any atom is 0.0346 e. The fourth-order valence-corrected chi connectivity index (χ4v) is 2.93. The molecule has 0 saturated heterocycles. The quantitative estimate of drug-likeness (QED) is 0.679. The minimum Gasteiger partial charge on any atom is -0.399 e. The van der Waals surface area contributed by atoms with E-state index in [1.807, 2.05) is 12.1 Å². The summed E-state index contributed by atoms with van der Waals surface area (Å²) in [6.45, 7) is 11.6. The smallest absolute Gasteiger partial charge is 0.0346 e. The van der Waals surface area contributed by atoms with Crippen molar-refractivity contribution in [1.82, 2.24) is 4.90 Å². The van der Waals surface area contributed by atoms with Crippen molar-refractivity contribution >= 4 is 5.69 Å². The lowest BCUT2D eigenvalue weighted by molar-refractivity contribution is 0.164. The predicted octanol–water partition coefficient (Wildman–Crippen LogP) is 4.35. The summed E-state index contributed by atoms with van der Waals surface area (Å²) in [4.78, 5) is 2.67. The number of benzene rings is 1. The lowest BCUT2D eigenvalue weighted by Gasteiger charge is -2.32. The molecule has 0 aromatic heterocycles. The lowest BCUT2D eigenvalue weighted by atomic mass is 10.0. The Morgan fingerprint density at radius 3 is 2.30 bits per heavy atom. The first-order valence-electron chi connectivity index (χ1n) is 8.15. The average molecular weight is 276 g/mol. The Hall–Kier alpha value is -1.02. The van der Waals surface area contributed by atoms with Gasteiger partial charge in [-0.3, -0.25) is 0 Å². The van der Waals surface area contributed by atoms with Gasteiger partial charge in [0.25, 0.3) is 0 Å². The normalized spacial score (nSPS) is 11.8. The van der Waals surface area contributed by atoms with E-state index in [9.17, 15) is 0 Å². The number of nitrogens with zero attached hydrogens (tertiary/aromatic N) is 1. The van der Waals surface area contributed by atoms with Crippen LogP contribution in [-0.2, 0) is 6.42 Å². The Balaban J connectivity index is 2.51. The summed E-state index contributed by atoms with van der Waals surface area (Å²) < 4.78 is 0. The summed E-state index contributed by atoms with van der Waals surface area (Å²) in [5.74, 6) is 0.734. The van der Waals surface area contributed by atoms with Gasteiger partial charge in [-0.25, -0.2) is 0 Å². The fraction of sp³-hybridized carbons (Fsp3) is 0.667. The van der Waals surface area contributed by atoms with Crippen molar-refractivity contribution in [3.8, 4) is 0 Å². The minimum atomic E-state index is 0.727. The maximum atomic E-state index is 6.02. The zero-order chi connectivity index (χ0) is 15.0. The molecule has 0 spiro atoms. The van der Waals surface area contributed by atoms with Gasteiger partial charge >= 0.3 is 0 Å². The molecule has 0 fully saturated rings. The van der Waals surface area contributed by atoms with Crippen molar-refractivity contribution in [2.75, 3.05) is 18.8 Å². The second-order valence-corrected chi connectivity index (χ2v) is 6.16. The zero-order valence-corrected chi connectivity index (χ0v) is 13.7. The van der Waals surface area contributed by atoms with Crippen LogP contribution < -0.4 is 5.73 Å². The molecule has 2 nitrogen and oxygen atoms in total. The van der Waals surface area contributed by atoms with Crippen molar-refractivity contribution in [3.63, 3.8) is 0 Å². The van der Waals surface area contributed by atoms with Gasteiger partial charge in [0.1, 0.15) is 0 Å². The first-order valence-corrected chi connectivity index (χ1v) is 8.15. The number of nitrogen functional groups attached to an aromatic ring is 1. The van der Waals surface area contributed by atoms with Gasteiger partial charge in [-0.15, -0.1) is 0 Å². The Labute approximate surface area is 125 Å². The van der Waals surface area contributed by atoms with Crippen LogP contribution in [0.1, 0.15) is 52.5 Å². The first kappa shape index (κ1) is 17.0. The van der Waals surface area contributed by atoms with Crippen LogP contribution in [0.25, 0.3) is 0 Å². The minimum absolute atomic E-state index is 0.727. The van der Waals surface area contributed by atoms with Crippen LogP contribution in [0.15, 0.2) is 24.3 Å². The average Bonchev–Trinajstić information content (AvgIpc) is 2.41. The molecule has 0 aliphatic rings. The van der Waals surface area contributed by atoms with Crippen LogP contribution in [0.2, 0.25) is 0 Å². The van der Waals surface area contributed by atoms with Crippen molar-refractivity contribution < 1.29 is 0 Å². The van der Waals surface area contributed by atoms with Gasteiger partial charge in [0.05, 0.1) is 0 Å². The molecule has 0 heterocycles. The summed E-state index contributed by atoms with van der Waals surface area (Å²) in [7, 11) is 0. The highest BCUT2D eigenvalue weighted by Gasteiger charge is 2.15. The molecule has 0 unspecified atom stereocenters. The Morgan fingerprint density at radius 2 is 1.75 bits per heavy atom. The summed E-state index contributed by atoms with van der Waals surface area (Å²) in [5, 5.41) is 0. The highest BCUT2D eigenvalue weighted by Crippen LogP contribution is 2.16. The molecule has 0 aliphatic carbocycles. The third kappa shape index (κ3) is 5.54. The van der Waals surface area contributed by atoms with Gasteiger partial charge in [0.2, 0.25) is 0 Å². The van der Waals surface area contributed by atoms with Crippen molar-refractivity contribution in [2.24, 2.45) is 5.92 Å². The number of aryl methyl sites for hydroxylation is 1. The summed E-state index contributed by atoms with van der Waals surface area (Å²) in [6.07, 6.45) is 4.77. The Kier molecular flexibility index (Phi) is 7.68. The molecule has 0 radical (unpaired) electrons. The molecule has 1 rings (SSSR count). The van der Waals surface area contributed by atoms with Crippen LogP contribution in [0.4, 0.5) is 5.69 Å². The standard InChI is InChI=1S/C18H32N2/c1-5-17(6-2)20(14-15(3)4)13-9-11-16-10-7-8-12-18(16)19/h7-8,10,12,15,17H,5-6,9,11,13-14,19H2,1-4H3. The van der Waals surface area contributed by atoms with E-state index in [2.05, 4.69) is 44.7 Å². The molecule has 2 heteroatoms. The molecule has 0 atom stereocenters. The Bertz CT molecular complexity index is 369. The molecule has 0 bridgehead atoms. The monoisotopic (exact) mass is 276 g/mol. The van der Waals surface area contributed by atoms with E-state index in [4.69, 9.17) is 5.73 Å². The third-order valence-corrected chi connectivity index (χ3v) is 4.01. The van der Waals surface area contributed by atoms with Gasteiger partial charge in [0.15, 0.2) is 0 Å². The fourth-order valence-electron chi connectivity index (χ4n) is 2.93. The number of nitrogens with two attached hydrogens (primary N) is 1. The van der Waals surface area contributed by atoms with E-state index in [1.165, 1.54) is 37.9 Å². The van der Waals surface area contributed by atoms with Gasteiger partial charge in [-0.05, 0) is 49.8 Å². The van der Waals surface area contributed by atoms with E-state index in [-0.39, 0.29) is 0 Å². The molecule has 20 heavy (non-hydrogen) atoms. The highest BCUT2D eigenvalue weighted by molar-refractivity contribution is 5.46. The molecular weight excluding hydrogens is 244 g/mol. The summed E-state index contributed by atoms with van der Waals surface area (Å²) in [6, 6.07) is 8.97. The van der Waals surface area contributed by atoms with Gasteiger partial charge in [-0.2, -0.15) is 0 Å². The highest BCUT2D eigenvalue weighted by atomic mass is 15.1. The molecule has 0 aliphatic heterocycles. The van der Waals surface area contributed by atoms with Crippen LogP contribution in [0, 0.1) is 5.92 Å². The largest absolute Gasteiger partial charge is 0.399 e. The number of para-hydroxylation sites is 1. The maximum absolute atomic E-state index is 6.02.